The maximum atomic E-state index is 13.7. The molecular formula is C25H31NO7. The molecule has 3 rings (SSSR count). The minimum absolute atomic E-state index is 0.251. The van der Waals surface area contributed by atoms with Gasteiger partial charge in [0.25, 0.3) is 0 Å². The van der Waals surface area contributed by atoms with E-state index in [0.29, 0.717) is 46.0 Å². The van der Waals surface area contributed by atoms with E-state index >= 15 is 0 Å². The number of rotatable bonds is 6. The summed E-state index contributed by atoms with van der Waals surface area (Å²) in [5.41, 5.74) is 2.66. The molecule has 0 spiro atoms. The van der Waals surface area contributed by atoms with Crippen LogP contribution in [0.5, 0.6) is 11.5 Å². The van der Waals surface area contributed by atoms with Gasteiger partial charge >= 0.3 is 11.9 Å². The van der Waals surface area contributed by atoms with Crippen molar-refractivity contribution in [3.63, 3.8) is 0 Å². The molecule has 0 radical (unpaired) electrons. The van der Waals surface area contributed by atoms with E-state index in [2.05, 4.69) is 5.32 Å². The van der Waals surface area contributed by atoms with Crippen LogP contribution in [0.25, 0.3) is 0 Å². The average Bonchev–Trinajstić information content (AvgIpc) is 2.76. The highest BCUT2D eigenvalue weighted by atomic mass is 16.5. The molecule has 0 fully saturated rings. The number of carbonyl (C=O) groups is 3. The fourth-order valence-corrected chi connectivity index (χ4v) is 4.59. The minimum Gasteiger partial charge on any atom is -0.493 e. The van der Waals surface area contributed by atoms with E-state index in [0.717, 1.165) is 0 Å². The third-order valence-electron chi connectivity index (χ3n) is 6.05. The highest BCUT2D eigenvalue weighted by molar-refractivity contribution is 6.12. The lowest BCUT2D eigenvalue weighted by molar-refractivity contribution is -0.151. The number of carbonyl (C=O) groups excluding carboxylic acids is 3. The first-order valence-electron chi connectivity index (χ1n) is 10.9. The summed E-state index contributed by atoms with van der Waals surface area (Å²) in [6.07, 6.45) is 0.123. The van der Waals surface area contributed by atoms with Crippen LogP contribution in [0.3, 0.4) is 0 Å². The predicted molar refractivity (Wildman–Crippen MR) is 121 cm³/mol. The van der Waals surface area contributed by atoms with Gasteiger partial charge in [0, 0.05) is 22.9 Å². The van der Waals surface area contributed by atoms with Crippen LogP contribution in [0.4, 0.5) is 0 Å². The van der Waals surface area contributed by atoms with Gasteiger partial charge in [0.05, 0.1) is 33.0 Å². The quantitative estimate of drug-likeness (QED) is 0.513. The van der Waals surface area contributed by atoms with Crippen molar-refractivity contribution in [2.75, 3.05) is 21.3 Å². The molecule has 8 heteroatoms. The Kier molecular flexibility index (Phi) is 7.15. The molecule has 1 aliphatic heterocycles. The van der Waals surface area contributed by atoms with Crippen LogP contribution in [0.15, 0.2) is 40.7 Å². The third-order valence-corrected chi connectivity index (χ3v) is 6.05. The summed E-state index contributed by atoms with van der Waals surface area (Å²) in [6, 6.07) is 5.26. The molecule has 0 amide bonds. The number of esters is 2. The predicted octanol–water partition coefficient (Wildman–Crippen LogP) is 3.27. The van der Waals surface area contributed by atoms with E-state index in [1.807, 2.05) is 6.92 Å². The number of Topliss-reactive ketones (excluding diaryl/α,β-unsaturated/α-hetero) is 1. The highest BCUT2D eigenvalue weighted by Crippen LogP contribution is 2.46. The first-order chi connectivity index (χ1) is 15.6. The van der Waals surface area contributed by atoms with Crippen LogP contribution in [-0.2, 0) is 23.9 Å². The molecule has 0 unspecified atom stereocenters. The fourth-order valence-electron chi connectivity index (χ4n) is 4.59. The molecule has 1 aromatic carbocycles. The molecule has 0 bridgehead atoms. The Morgan fingerprint density at radius 2 is 1.76 bits per heavy atom. The molecule has 1 N–H and O–H groups in total. The maximum Gasteiger partial charge on any atom is 0.337 e. The molecule has 33 heavy (non-hydrogen) atoms. The Balaban J connectivity index is 2.23. The fraction of sp³-hybridized carbons (Fsp3) is 0.480. The number of nitrogens with one attached hydrogen (secondary N) is 1. The second-order valence-electron chi connectivity index (χ2n) is 8.60. The van der Waals surface area contributed by atoms with Gasteiger partial charge < -0.3 is 24.3 Å². The molecule has 1 aliphatic carbocycles. The molecular weight excluding hydrogens is 426 g/mol. The smallest absolute Gasteiger partial charge is 0.337 e. The Labute approximate surface area is 193 Å². The third kappa shape index (κ3) is 4.47. The van der Waals surface area contributed by atoms with Crippen molar-refractivity contribution in [1.82, 2.24) is 5.32 Å². The standard InChI is InChI=1S/C25H31NO7/c1-12(2)33-25(29)20-14(4)26-16-10-13(3)19(24(28)32-7)23(27)22(16)21(20)15-8-9-17(30-5)18(11-15)31-6/h8-9,11-13,19,21,26H,10H2,1-7H3/t13-,19+,21+/m0/s1. The monoisotopic (exact) mass is 457 g/mol. The van der Waals surface area contributed by atoms with E-state index in [9.17, 15) is 14.4 Å². The first-order valence-corrected chi connectivity index (χ1v) is 10.9. The number of ketones is 1. The van der Waals surface area contributed by atoms with Gasteiger partial charge in [0.1, 0.15) is 5.92 Å². The van der Waals surface area contributed by atoms with Gasteiger partial charge in [-0.3, -0.25) is 9.59 Å². The maximum absolute atomic E-state index is 13.7. The van der Waals surface area contributed by atoms with Crippen molar-refractivity contribution in [1.29, 1.82) is 0 Å². The summed E-state index contributed by atoms with van der Waals surface area (Å²) in [6.45, 7) is 7.16. The molecule has 8 nitrogen and oxygen atoms in total. The number of hydrogen-bond acceptors (Lipinski definition) is 8. The Bertz CT molecular complexity index is 1040. The van der Waals surface area contributed by atoms with Gasteiger partial charge in [-0.25, -0.2) is 4.79 Å². The lowest BCUT2D eigenvalue weighted by Crippen LogP contribution is -2.43. The summed E-state index contributed by atoms with van der Waals surface area (Å²) in [5.74, 6) is -2.41. The molecule has 0 saturated heterocycles. The van der Waals surface area contributed by atoms with Crippen molar-refractivity contribution in [3.05, 3.63) is 46.3 Å². The Morgan fingerprint density at radius 3 is 2.33 bits per heavy atom. The van der Waals surface area contributed by atoms with Gasteiger partial charge in [0.15, 0.2) is 17.3 Å². The number of allylic oxidation sites excluding steroid dienone is 3. The zero-order valence-electron chi connectivity index (χ0n) is 20.1. The molecule has 178 valence electrons. The van der Waals surface area contributed by atoms with Gasteiger partial charge in [0.2, 0.25) is 0 Å². The van der Waals surface area contributed by atoms with E-state index < -0.39 is 23.8 Å². The van der Waals surface area contributed by atoms with E-state index in [1.54, 1.807) is 39.0 Å². The lowest BCUT2D eigenvalue weighted by atomic mass is 9.69. The summed E-state index contributed by atoms with van der Waals surface area (Å²) in [5, 5.41) is 3.24. The summed E-state index contributed by atoms with van der Waals surface area (Å²) in [7, 11) is 4.32. The van der Waals surface area contributed by atoms with Crippen molar-refractivity contribution >= 4 is 17.7 Å². The van der Waals surface area contributed by atoms with Crippen molar-refractivity contribution in [3.8, 4) is 11.5 Å². The first kappa shape index (κ1) is 24.4. The molecule has 2 aliphatic rings. The van der Waals surface area contributed by atoms with Crippen LogP contribution >= 0.6 is 0 Å². The van der Waals surface area contributed by atoms with Crippen molar-refractivity contribution in [2.24, 2.45) is 11.8 Å². The van der Waals surface area contributed by atoms with E-state index in [1.165, 1.54) is 21.3 Å². The number of ether oxygens (including phenoxy) is 4. The highest BCUT2D eigenvalue weighted by Gasteiger charge is 2.47. The zero-order chi connectivity index (χ0) is 24.4. The van der Waals surface area contributed by atoms with Crippen LogP contribution in [0, 0.1) is 11.8 Å². The van der Waals surface area contributed by atoms with E-state index in [4.69, 9.17) is 18.9 Å². The van der Waals surface area contributed by atoms with Gasteiger partial charge in [-0.05, 0) is 50.8 Å². The zero-order valence-corrected chi connectivity index (χ0v) is 20.1. The van der Waals surface area contributed by atoms with Crippen LogP contribution < -0.4 is 14.8 Å². The summed E-state index contributed by atoms with van der Waals surface area (Å²) >= 11 is 0. The number of methoxy groups -OCH3 is 3. The Morgan fingerprint density at radius 1 is 1.09 bits per heavy atom. The van der Waals surface area contributed by atoms with Crippen molar-refractivity contribution < 1.29 is 33.3 Å². The van der Waals surface area contributed by atoms with Crippen LogP contribution in [-0.4, -0.2) is 45.2 Å². The molecule has 1 heterocycles. The lowest BCUT2D eigenvalue weighted by Gasteiger charge is -2.38. The largest absolute Gasteiger partial charge is 0.493 e. The second-order valence-corrected chi connectivity index (χ2v) is 8.60. The Hall–Kier alpha value is -3.29. The van der Waals surface area contributed by atoms with Gasteiger partial charge in [-0.15, -0.1) is 0 Å². The summed E-state index contributed by atoms with van der Waals surface area (Å²) < 4.78 is 21.3. The van der Waals surface area contributed by atoms with Crippen LogP contribution in [0.2, 0.25) is 0 Å². The molecule has 3 atom stereocenters. The molecule has 0 saturated carbocycles. The SMILES string of the molecule is COC(=O)[C@H]1C(=O)C2=C(C[C@@H]1C)NC(C)=C(C(=O)OC(C)C)[C@H]2c1ccc(OC)c(OC)c1. The van der Waals surface area contributed by atoms with Crippen molar-refractivity contribution in [2.45, 2.75) is 46.1 Å². The van der Waals surface area contributed by atoms with Gasteiger partial charge in [-0.1, -0.05) is 13.0 Å². The summed E-state index contributed by atoms with van der Waals surface area (Å²) in [4.78, 5) is 39.4. The molecule has 0 aromatic heterocycles. The van der Waals surface area contributed by atoms with E-state index in [-0.39, 0.29) is 17.8 Å². The normalized spacial score (nSPS) is 22.5. The molecule has 1 aromatic rings. The second kappa shape index (κ2) is 9.68. The average molecular weight is 458 g/mol. The number of benzene rings is 1. The number of hydrogen-bond donors (Lipinski definition) is 1. The topological polar surface area (TPSA) is 100 Å². The minimum atomic E-state index is -0.945. The number of dihydropyridines is 1. The van der Waals surface area contributed by atoms with Gasteiger partial charge in [-0.2, -0.15) is 0 Å². The van der Waals surface area contributed by atoms with Crippen LogP contribution in [0.1, 0.15) is 45.6 Å².